The average molecular weight is 270 g/mol. The van der Waals surface area contributed by atoms with Gasteiger partial charge in [0, 0.05) is 36.0 Å². The Labute approximate surface area is 120 Å². The van der Waals surface area contributed by atoms with Crippen LogP contribution in [0.2, 0.25) is 0 Å². The highest BCUT2D eigenvalue weighted by Gasteiger charge is 2.12. The number of rotatable bonds is 6. The van der Waals surface area contributed by atoms with Crippen LogP contribution in [0.25, 0.3) is 5.65 Å². The van der Waals surface area contributed by atoms with E-state index in [4.69, 9.17) is 6.42 Å². The summed E-state index contributed by atoms with van der Waals surface area (Å²) in [5, 5.41) is 8.00. The fraction of sp³-hybridized carbons (Fsp3) is 0.500. The summed E-state index contributed by atoms with van der Waals surface area (Å²) in [6, 6.07) is 2.26. The number of aryl methyl sites for hydroxylation is 2. The van der Waals surface area contributed by atoms with Gasteiger partial charge in [-0.2, -0.15) is 5.10 Å². The number of nitrogens with zero attached hydrogens (tertiary/aromatic N) is 3. The van der Waals surface area contributed by atoms with Crippen LogP contribution < -0.4 is 5.32 Å². The smallest absolute Gasteiger partial charge is 0.155 e. The van der Waals surface area contributed by atoms with Gasteiger partial charge in [-0.15, -0.1) is 12.3 Å². The van der Waals surface area contributed by atoms with Crippen LogP contribution in [0.5, 0.6) is 0 Å². The van der Waals surface area contributed by atoms with E-state index in [1.54, 1.807) is 0 Å². The molecule has 0 amide bonds. The van der Waals surface area contributed by atoms with Gasteiger partial charge < -0.3 is 5.32 Å². The molecule has 1 unspecified atom stereocenters. The third-order valence-electron chi connectivity index (χ3n) is 3.55. The Bertz CT molecular complexity index is 621. The van der Waals surface area contributed by atoms with Crippen molar-refractivity contribution in [2.75, 3.05) is 6.54 Å². The summed E-state index contributed by atoms with van der Waals surface area (Å²) < 4.78 is 1.92. The van der Waals surface area contributed by atoms with Crippen LogP contribution in [0.1, 0.15) is 49.2 Å². The molecule has 4 nitrogen and oxygen atoms in total. The standard InChI is InChI=1S/C16H22N4/c1-5-6-7-8-9-17-13(3)15-11-18-16-10-12(2)19-20(16)14(15)4/h1,10-11,13,17H,6-9H2,2-4H3. The van der Waals surface area contributed by atoms with E-state index in [2.05, 4.69) is 35.2 Å². The average Bonchev–Trinajstić information content (AvgIpc) is 2.80. The van der Waals surface area contributed by atoms with Crippen LogP contribution in [0.3, 0.4) is 0 Å². The van der Waals surface area contributed by atoms with Crippen molar-refractivity contribution in [3.05, 3.63) is 29.2 Å². The van der Waals surface area contributed by atoms with Crippen LogP contribution >= 0.6 is 0 Å². The van der Waals surface area contributed by atoms with E-state index in [0.717, 1.165) is 42.8 Å². The Morgan fingerprint density at radius 1 is 1.40 bits per heavy atom. The lowest BCUT2D eigenvalue weighted by Crippen LogP contribution is -2.21. The van der Waals surface area contributed by atoms with E-state index < -0.39 is 0 Å². The fourth-order valence-corrected chi connectivity index (χ4v) is 2.38. The molecule has 2 aromatic rings. The SMILES string of the molecule is C#CCCCCNC(C)c1cnc2cc(C)nn2c1C. The van der Waals surface area contributed by atoms with Gasteiger partial charge in [0.1, 0.15) is 0 Å². The number of aromatic nitrogens is 3. The van der Waals surface area contributed by atoms with Crippen molar-refractivity contribution < 1.29 is 0 Å². The number of unbranched alkanes of at least 4 members (excludes halogenated alkanes) is 2. The monoisotopic (exact) mass is 270 g/mol. The predicted octanol–water partition coefficient (Wildman–Crippen LogP) is 2.80. The second kappa shape index (κ2) is 6.53. The van der Waals surface area contributed by atoms with E-state index in [0.29, 0.717) is 0 Å². The number of fused-ring (bicyclic) bond motifs is 1. The molecule has 0 aliphatic heterocycles. The first kappa shape index (κ1) is 14.5. The van der Waals surface area contributed by atoms with Crippen molar-refractivity contribution in [3.63, 3.8) is 0 Å². The van der Waals surface area contributed by atoms with Crippen molar-refractivity contribution in [1.82, 2.24) is 19.9 Å². The molecule has 0 bridgehead atoms. The van der Waals surface area contributed by atoms with Crippen LogP contribution in [0.15, 0.2) is 12.3 Å². The van der Waals surface area contributed by atoms with Crippen LogP contribution in [-0.4, -0.2) is 21.1 Å². The third-order valence-corrected chi connectivity index (χ3v) is 3.55. The lowest BCUT2D eigenvalue weighted by atomic mass is 10.1. The highest BCUT2D eigenvalue weighted by atomic mass is 15.3. The minimum Gasteiger partial charge on any atom is -0.310 e. The molecule has 0 spiro atoms. The summed E-state index contributed by atoms with van der Waals surface area (Å²) in [5.41, 5.74) is 4.24. The molecule has 0 saturated heterocycles. The van der Waals surface area contributed by atoms with E-state index in [9.17, 15) is 0 Å². The highest BCUT2D eigenvalue weighted by Crippen LogP contribution is 2.17. The number of hydrogen-bond donors (Lipinski definition) is 1. The number of hydrogen-bond acceptors (Lipinski definition) is 3. The molecule has 20 heavy (non-hydrogen) atoms. The predicted molar refractivity (Wildman–Crippen MR) is 81.6 cm³/mol. The lowest BCUT2D eigenvalue weighted by Gasteiger charge is -2.16. The zero-order valence-corrected chi connectivity index (χ0v) is 12.5. The first-order valence-electron chi connectivity index (χ1n) is 7.12. The molecule has 0 fully saturated rings. The Balaban J connectivity index is 2.04. The Morgan fingerprint density at radius 3 is 2.95 bits per heavy atom. The van der Waals surface area contributed by atoms with Crippen LogP contribution in [0.4, 0.5) is 0 Å². The van der Waals surface area contributed by atoms with Crippen molar-refractivity contribution >= 4 is 5.65 Å². The molecule has 1 N–H and O–H groups in total. The minimum atomic E-state index is 0.266. The van der Waals surface area contributed by atoms with Gasteiger partial charge in [0.25, 0.3) is 0 Å². The zero-order chi connectivity index (χ0) is 14.5. The molecule has 4 heteroatoms. The highest BCUT2D eigenvalue weighted by molar-refractivity contribution is 5.42. The molecule has 2 rings (SSSR count). The third kappa shape index (κ3) is 3.17. The van der Waals surface area contributed by atoms with Gasteiger partial charge in [0.15, 0.2) is 5.65 Å². The normalized spacial score (nSPS) is 12.5. The maximum Gasteiger partial charge on any atom is 0.155 e. The number of terminal acetylenes is 1. The van der Waals surface area contributed by atoms with Gasteiger partial charge >= 0.3 is 0 Å². The van der Waals surface area contributed by atoms with Crippen molar-refractivity contribution in [2.45, 2.75) is 46.1 Å². The van der Waals surface area contributed by atoms with E-state index >= 15 is 0 Å². The zero-order valence-electron chi connectivity index (χ0n) is 12.5. The second-order valence-corrected chi connectivity index (χ2v) is 5.19. The van der Waals surface area contributed by atoms with Gasteiger partial charge in [0.05, 0.1) is 5.69 Å². The van der Waals surface area contributed by atoms with Crippen LogP contribution in [0, 0.1) is 26.2 Å². The van der Waals surface area contributed by atoms with Gasteiger partial charge in [-0.05, 0) is 40.2 Å². The molecular formula is C16H22N4. The topological polar surface area (TPSA) is 42.2 Å². The maximum atomic E-state index is 5.25. The maximum absolute atomic E-state index is 5.25. The van der Waals surface area contributed by atoms with Gasteiger partial charge in [0.2, 0.25) is 0 Å². The quantitative estimate of drug-likeness (QED) is 0.648. The lowest BCUT2D eigenvalue weighted by molar-refractivity contribution is 0.542. The summed E-state index contributed by atoms with van der Waals surface area (Å²) in [6.07, 6.45) is 10.2. The number of nitrogens with one attached hydrogen (secondary N) is 1. The minimum absolute atomic E-state index is 0.266. The van der Waals surface area contributed by atoms with Crippen molar-refractivity contribution in [3.8, 4) is 12.3 Å². The molecule has 2 aromatic heterocycles. The molecule has 106 valence electrons. The van der Waals surface area contributed by atoms with Crippen molar-refractivity contribution in [1.29, 1.82) is 0 Å². The second-order valence-electron chi connectivity index (χ2n) is 5.19. The van der Waals surface area contributed by atoms with Crippen molar-refractivity contribution in [2.24, 2.45) is 0 Å². The molecule has 1 atom stereocenters. The largest absolute Gasteiger partial charge is 0.310 e. The summed E-state index contributed by atoms with van der Waals surface area (Å²) in [6.45, 7) is 7.21. The van der Waals surface area contributed by atoms with E-state index in [1.165, 1.54) is 5.56 Å². The molecule has 0 saturated carbocycles. The fourth-order valence-electron chi connectivity index (χ4n) is 2.38. The van der Waals surface area contributed by atoms with Gasteiger partial charge in [-0.25, -0.2) is 9.50 Å². The first-order chi connectivity index (χ1) is 9.63. The van der Waals surface area contributed by atoms with Gasteiger partial charge in [-0.1, -0.05) is 0 Å². The van der Waals surface area contributed by atoms with Crippen LogP contribution in [-0.2, 0) is 0 Å². The van der Waals surface area contributed by atoms with Gasteiger partial charge in [-0.3, -0.25) is 0 Å². The molecule has 0 aliphatic rings. The van der Waals surface area contributed by atoms with E-state index in [1.807, 2.05) is 23.7 Å². The molecular weight excluding hydrogens is 248 g/mol. The Kier molecular flexibility index (Phi) is 4.75. The summed E-state index contributed by atoms with van der Waals surface area (Å²) in [7, 11) is 0. The molecule has 0 radical (unpaired) electrons. The summed E-state index contributed by atoms with van der Waals surface area (Å²) in [4.78, 5) is 4.48. The summed E-state index contributed by atoms with van der Waals surface area (Å²) >= 11 is 0. The Hall–Kier alpha value is -1.86. The molecule has 0 aliphatic carbocycles. The molecule has 0 aromatic carbocycles. The Morgan fingerprint density at radius 2 is 2.20 bits per heavy atom. The van der Waals surface area contributed by atoms with E-state index in [-0.39, 0.29) is 6.04 Å². The molecule has 2 heterocycles. The first-order valence-corrected chi connectivity index (χ1v) is 7.12. The summed E-state index contributed by atoms with van der Waals surface area (Å²) in [5.74, 6) is 2.67.